The minimum atomic E-state index is -0.521. The van der Waals surface area contributed by atoms with Gasteiger partial charge in [0.2, 0.25) is 0 Å². The van der Waals surface area contributed by atoms with Crippen LogP contribution in [0.1, 0.15) is 0 Å². The Balaban J connectivity index is 1.38. The van der Waals surface area contributed by atoms with Crippen LogP contribution >= 0.6 is 0 Å². The molecule has 0 unspecified atom stereocenters. The first-order valence-corrected chi connectivity index (χ1v) is 12.0. The Morgan fingerprint density at radius 2 is 1.74 bits per heavy atom. The van der Waals surface area contributed by atoms with Crippen LogP contribution in [0.15, 0.2) is 67.4 Å². The van der Waals surface area contributed by atoms with Crippen molar-refractivity contribution >= 4 is 21.9 Å². The van der Waals surface area contributed by atoms with Gasteiger partial charge in [-0.3, -0.25) is 15.1 Å². The van der Waals surface area contributed by atoms with Gasteiger partial charge in [0.15, 0.2) is 5.65 Å². The van der Waals surface area contributed by atoms with Gasteiger partial charge in [-0.15, -0.1) is 0 Å². The Morgan fingerprint density at radius 3 is 2.58 bits per heavy atom. The minimum absolute atomic E-state index is 0.146. The summed E-state index contributed by atoms with van der Waals surface area (Å²) in [4.78, 5) is 18.6. The minimum Gasteiger partial charge on any atom is -0.508 e. The van der Waals surface area contributed by atoms with E-state index in [1.807, 2.05) is 32.3 Å². The fourth-order valence-corrected chi connectivity index (χ4v) is 4.41. The summed E-state index contributed by atoms with van der Waals surface area (Å²) < 4.78 is 19.8. The highest BCUT2D eigenvalue weighted by Crippen LogP contribution is 2.35. The van der Waals surface area contributed by atoms with Crippen LogP contribution in [0, 0.1) is 5.82 Å². The molecule has 0 aliphatic heterocycles. The van der Waals surface area contributed by atoms with E-state index < -0.39 is 5.82 Å². The van der Waals surface area contributed by atoms with Crippen LogP contribution in [0.4, 0.5) is 4.39 Å². The van der Waals surface area contributed by atoms with Crippen molar-refractivity contribution in [2.75, 3.05) is 27.2 Å². The highest BCUT2D eigenvalue weighted by molar-refractivity contribution is 6.00. The summed E-state index contributed by atoms with van der Waals surface area (Å²) >= 11 is 0. The molecule has 5 heterocycles. The number of phenolic OH excluding ortho intramolecular Hbond substituents is 1. The zero-order valence-corrected chi connectivity index (χ0v) is 20.7. The molecule has 0 amide bonds. The summed E-state index contributed by atoms with van der Waals surface area (Å²) in [6.07, 6.45) is 8.59. The van der Waals surface area contributed by atoms with Crippen molar-refractivity contribution in [3.8, 4) is 45.1 Å². The number of fused-ring (bicyclic) bond motifs is 2. The molecule has 6 rings (SSSR count). The van der Waals surface area contributed by atoms with Crippen LogP contribution in [-0.2, 0) is 0 Å². The summed E-state index contributed by atoms with van der Waals surface area (Å²) in [5.74, 6) is 0.0241. The van der Waals surface area contributed by atoms with Gasteiger partial charge in [-0.2, -0.15) is 5.10 Å². The molecule has 0 bridgehead atoms. The van der Waals surface area contributed by atoms with Crippen LogP contribution in [0.25, 0.3) is 55.6 Å². The van der Waals surface area contributed by atoms with E-state index in [2.05, 4.69) is 35.0 Å². The summed E-state index contributed by atoms with van der Waals surface area (Å²) in [6.45, 7) is 1.37. The Labute approximate surface area is 217 Å². The Kier molecular flexibility index (Phi) is 5.93. The first-order chi connectivity index (χ1) is 18.4. The third kappa shape index (κ3) is 4.53. The fourth-order valence-electron chi connectivity index (χ4n) is 4.41. The number of pyridine rings is 3. The van der Waals surface area contributed by atoms with E-state index in [0.29, 0.717) is 29.1 Å². The molecule has 0 radical (unpaired) electrons. The second-order valence-electron chi connectivity index (χ2n) is 9.28. The van der Waals surface area contributed by atoms with Gasteiger partial charge >= 0.3 is 0 Å². The molecule has 9 nitrogen and oxygen atoms in total. The van der Waals surface area contributed by atoms with E-state index in [1.54, 1.807) is 31.0 Å². The number of nitrogens with zero attached hydrogens (tertiary/aromatic N) is 5. The zero-order valence-electron chi connectivity index (χ0n) is 20.7. The maximum Gasteiger partial charge on any atom is 0.181 e. The van der Waals surface area contributed by atoms with E-state index in [-0.39, 0.29) is 5.75 Å². The molecule has 0 saturated heterocycles. The zero-order chi connectivity index (χ0) is 26.2. The molecule has 0 aliphatic rings. The second-order valence-corrected chi connectivity index (χ2v) is 9.28. The molecule has 0 fully saturated rings. The Bertz CT molecular complexity index is 1760. The van der Waals surface area contributed by atoms with Crippen LogP contribution in [-0.4, -0.2) is 67.4 Å². The van der Waals surface area contributed by atoms with Gasteiger partial charge in [0, 0.05) is 58.7 Å². The molecule has 38 heavy (non-hydrogen) atoms. The van der Waals surface area contributed by atoms with Crippen LogP contribution in [0.2, 0.25) is 0 Å². The van der Waals surface area contributed by atoms with Crippen molar-refractivity contribution in [1.29, 1.82) is 0 Å². The molecule has 0 aliphatic carbocycles. The summed E-state index contributed by atoms with van der Waals surface area (Å²) in [7, 11) is 4.00. The molecular weight excluding hydrogens is 485 g/mol. The van der Waals surface area contributed by atoms with Crippen molar-refractivity contribution in [3.05, 3.63) is 73.2 Å². The molecule has 0 atom stereocenters. The second kappa shape index (κ2) is 9.56. The predicted molar refractivity (Wildman–Crippen MR) is 143 cm³/mol. The average Bonchev–Trinajstić information content (AvgIpc) is 3.51. The number of H-pyrrole nitrogens is 2. The molecule has 10 heteroatoms. The van der Waals surface area contributed by atoms with Gasteiger partial charge in [-0.1, -0.05) is 0 Å². The lowest BCUT2D eigenvalue weighted by atomic mass is 10.0. The largest absolute Gasteiger partial charge is 0.508 e. The SMILES string of the molecule is CN(C)CCOc1cncc(-c2cnc3n[nH]c(-c4cc5c(-c6cc(O)cc(F)c6)cncc5[nH]4)c3c2)c1. The maximum absolute atomic E-state index is 14.0. The number of aromatic hydroxyl groups is 1. The molecule has 6 aromatic rings. The van der Waals surface area contributed by atoms with E-state index >= 15 is 0 Å². The van der Waals surface area contributed by atoms with E-state index in [4.69, 9.17) is 4.74 Å². The number of ether oxygens (including phenoxy) is 1. The summed E-state index contributed by atoms with van der Waals surface area (Å²) in [5, 5.41) is 19.0. The number of aromatic amines is 2. The van der Waals surface area contributed by atoms with Crippen molar-refractivity contribution in [3.63, 3.8) is 0 Å². The molecule has 0 spiro atoms. The first-order valence-electron chi connectivity index (χ1n) is 12.0. The van der Waals surface area contributed by atoms with Crippen molar-refractivity contribution in [2.24, 2.45) is 0 Å². The van der Waals surface area contributed by atoms with Crippen molar-refractivity contribution in [1.82, 2.24) is 35.0 Å². The number of hydrogen-bond donors (Lipinski definition) is 3. The normalized spacial score (nSPS) is 11.6. The maximum atomic E-state index is 14.0. The third-order valence-electron chi connectivity index (χ3n) is 6.27. The monoisotopic (exact) mass is 509 g/mol. The molecular formula is C28H24FN7O2. The van der Waals surface area contributed by atoms with E-state index in [1.165, 1.54) is 12.1 Å². The van der Waals surface area contributed by atoms with Gasteiger partial charge < -0.3 is 19.7 Å². The van der Waals surface area contributed by atoms with Gasteiger partial charge in [0.05, 0.1) is 29.3 Å². The van der Waals surface area contributed by atoms with Gasteiger partial charge in [0.25, 0.3) is 0 Å². The quantitative estimate of drug-likeness (QED) is 0.277. The lowest BCUT2D eigenvalue weighted by Gasteiger charge is -2.11. The third-order valence-corrected chi connectivity index (χ3v) is 6.27. The van der Waals surface area contributed by atoms with Crippen LogP contribution in [0.3, 0.4) is 0 Å². The van der Waals surface area contributed by atoms with Gasteiger partial charge in [-0.05, 0) is 50.0 Å². The molecule has 5 aromatic heterocycles. The highest BCUT2D eigenvalue weighted by Gasteiger charge is 2.16. The van der Waals surface area contributed by atoms with E-state index in [9.17, 15) is 9.50 Å². The number of hydrogen-bond acceptors (Lipinski definition) is 7. The Hall–Kier alpha value is -4.83. The molecule has 3 N–H and O–H groups in total. The molecule has 1 aromatic carbocycles. The lowest BCUT2D eigenvalue weighted by molar-refractivity contribution is 0.261. The summed E-state index contributed by atoms with van der Waals surface area (Å²) in [6, 6.07) is 9.87. The first kappa shape index (κ1) is 23.6. The fraction of sp³-hybridized carbons (Fsp3) is 0.143. The molecule has 190 valence electrons. The number of phenols is 1. The summed E-state index contributed by atoms with van der Waals surface area (Å²) in [5.41, 5.74) is 5.84. The smallest absolute Gasteiger partial charge is 0.181 e. The van der Waals surface area contributed by atoms with Gasteiger partial charge in [0.1, 0.15) is 23.9 Å². The number of benzene rings is 1. The topological polar surface area (TPSA) is 116 Å². The lowest BCUT2D eigenvalue weighted by Crippen LogP contribution is -2.19. The molecule has 0 saturated carbocycles. The predicted octanol–water partition coefficient (Wildman–Crippen LogP) is 5.02. The standard InChI is InChI=1S/C28H24FN7O2/c1-36(2)3-4-38-21-7-17(11-30-13-21)18-8-23-27(34-35-28(23)32-12-18)25-10-22-24(14-31-15-26(22)33-25)16-5-19(29)9-20(37)6-16/h5-15,33,37H,3-4H2,1-2H3,(H,32,34,35). The highest BCUT2D eigenvalue weighted by atomic mass is 19.1. The number of aromatic nitrogens is 6. The number of halogens is 1. The average molecular weight is 510 g/mol. The number of nitrogens with one attached hydrogen (secondary N) is 2. The van der Waals surface area contributed by atoms with E-state index in [0.717, 1.165) is 51.4 Å². The van der Waals surface area contributed by atoms with Crippen molar-refractivity contribution in [2.45, 2.75) is 0 Å². The number of likely N-dealkylation sites (N-methyl/N-ethyl adjacent to an activating group) is 1. The Morgan fingerprint density at radius 1 is 0.895 bits per heavy atom. The van der Waals surface area contributed by atoms with Crippen LogP contribution in [0.5, 0.6) is 11.5 Å². The van der Waals surface area contributed by atoms with Crippen LogP contribution < -0.4 is 4.74 Å². The van der Waals surface area contributed by atoms with Crippen molar-refractivity contribution < 1.29 is 14.2 Å². The van der Waals surface area contributed by atoms with Gasteiger partial charge in [-0.25, -0.2) is 9.37 Å². The number of rotatable bonds is 7.